The smallest absolute Gasteiger partial charge is 0.334 e. The largest absolute Gasteiger partial charge is 0.441 e. The molecule has 0 aliphatic rings. The Balaban J connectivity index is 2.42. The van der Waals surface area contributed by atoms with Gasteiger partial charge in [0.05, 0.1) is 0 Å². The summed E-state index contributed by atoms with van der Waals surface area (Å²) < 4.78 is 6.28. The van der Waals surface area contributed by atoms with E-state index in [4.69, 9.17) is 4.74 Å². The molecule has 0 aliphatic carbocycles. The van der Waals surface area contributed by atoms with Gasteiger partial charge >= 0.3 is 5.97 Å². The van der Waals surface area contributed by atoms with Gasteiger partial charge < -0.3 is 4.74 Å². The molecule has 0 amide bonds. The van der Waals surface area contributed by atoms with Crippen LogP contribution in [0.1, 0.15) is 34.7 Å². The van der Waals surface area contributed by atoms with Crippen molar-refractivity contribution in [1.29, 1.82) is 0 Å². The zero-order chi connectivity index (χ0) is 19.4. The molecule has 0 N–H and O–H groups in total. The first-order chi connectivity index (χ1) is 13.0. The van der Waals surface area contributed by atoms with Gasteiger partial charge in [0.2, 0.25) is 0 Å². The molecule has 3 aromatic carbocycles. The highest BCUT2D eigenvalue weighted by Gasteiger charge is 2.42. The molecule has 0 fully saturated rings. The average Bonchev–Trinajstić information content (AvgIpc) is 2.68. The Morgan fingerprint density at radius 2 is 1.22 bits per heavy atom. The summed E-state index contributed by atoms with van der Waals surface area (Å²) in [4.78, 5) is 12.8. The first-order valence-corrected chi connectivity index (χ1v) is 9.03. The highest BCUT2D eigenvalue weighted by Crippen LogP contribution is 2.43. The molecule has 2 nitrogen and oxygen atoms in total. The van der Waals surface area contributed by atoms with Crippen LogP contribution in [0.2, 0.25) is 0 Å². The van der Waals surface area contributed by atoms with Gasteiger partial charge in [0.1, 0.15) is 0 Å². The second-order valence-electron chi connectivity index (χ2n) is 6.85. The molecule has 0 heterocycles. The van der Waals surface area contributed by atoms with E-state index in [1.807, 2.05) is 92.7 Å². The van der Waals surface area contributed by atoms with Crippen molar-refractivity contribution in [2.45, 2.75) is 26.4 Å². The Bertz CT molecular complexity index is 925. The maximum Gasteiger partial charge on any atom is 0.334 e. The lowest BCUT2D eigenvalue weighted by Gasteiger charge is -2.37. The molecule has 136 valence electrons. The fourth-order valence-corrected chi connectivity index (χ4v) is 3.46. The van der Waals surface area contributed by atoms with E-state index in [9.17, 15) is 4.79 Å². The van der Waals surface area contributed by atoms with Crippen LogP contribution in [-0.4, -0.2) is 5.97 Å². The fourth-order valence-electron chi connectivity index (χ4n) is 3.46. The lowest BCUT2D eigenvalue weighted by atomic mass is 9.76. The molecule has 0 unspecified atom stereocenters. The average molecular weight is 356 g/mol. The Morgan fingerprint density at radius 1 is 0.778 bits per heavy atom. The maximum atomic E-state index is 12.8. The van der Waals surface area contributed by atoms with E-state index in [2.05, 4.69) is 6.58 Å². The zero-order valence-corrected chi connectivity index (χ0v) is 16.0. The van der Waals surface area contributed by atoms with Crippen molar-refractivity contribution in [1.82, 2.24) is 0 Å². The van der Waals surface area contributed by atoms with Crippen molar-refractivity contribution >= 4 is 5.97 Å². The molecule has 3 aromatic rings. The number of benzene rings is 3. The standard InChI is InChI=1S/C25H24O2/c1-18(2)24(26)27-25(21-14-6-5-7-15-21,22-16-10-8-12-19(22)3)23-17-11-9-13-20(23)4/h5-17H,1H2,2-4H3. The third-order valence-corrected chi connectivity index (χ3v) is 4.82. The number of aryl methyl sites for hydroxylation is 2. The van der Waals surface area contributed by atoms with Crippen molar-refractivity contribution in [2.24, 2.45) is 0 Å². The van der Waals surface area contributed by atoms with Gasteiger partial charge in [-0.3, -0.25) is 0 Å². The first-order valence-electron chi connectivity index (χ1n) is 9.03. The Hall–Kier alpha value is -3.13. The van der Waals surface area contributed by atoms with Gasteiger partial charge in [-0.25, -0.2) is 4.79 Å². The number of carbonyl (C=O) groups excluding carboxylic acids is 1. The highest BCUT2D eigenvalue weighted by atomic mass is 16.6. The molecule has 0 radical (unpaired) electrons. The van der Waals surface area contributed by atoms with Crippen LogP contribution in [-0.2, 0) is 15.1 Å². The van der Waals surface area contributed by atoms with E-state index in [1.165, 1.54) is 0 Å². The Kier molecular flexibility index (Phi) is 5.27. The van der Waals surface area contributed by atoms with E-state index in [-0.39, 0.29) is 0 Å². The van der Waals surface area contributed by atoms with Gasteiger partial charge in [-0.1, -0.05) is 85.4 Å². The molecular weight excluding hydrogens is 332 g/mol. The predicted octanol–water partition coefficient (Wildman–Crippen LogP) is 5.71. The minimum Gasteiger partial charge on any atom is -0.441 e. The van der Waals surface area contributed by atoms with Crippen LogP contribution in [0, 0.1) is 13.8 Å². The molecule has 0 aliphatic heterocycles. The second kappa shape index (κ2) is 7.63. The van der Waals surface area contributed by atoms with Crippen molar-refractivity contribution in [3.05, 3.63) is 119 Å². The summed E-state index contributed by atoms with van der Waals surface area (Å²) in [6.45, 7) is 9.55. The lowest BCUT2D eigenvalue weighted by Crippen LogP contribution is -2.37. The normalized spacial score (nSPS) is 11.1. The number of hydrogen-bond acceptors (Lipinski definition) is 2. The van der Waals surface area contributed by atoms with Gasteiger partial charge in [0, 0.05) is 22.3 Å². The van der Waals surface area contributed by atoms with Crippen LogP contribution in [0.5, 0.6) is 0 Å². The van der Waals surface area contributed by atoms with E-state index in [1.54, 1.807) is 6.92 Å². The lowest BCUT2D eigenvalue weighted by molar-refractivity contribution is -0.148. The number of hydrogen-bond donors (Lipinski definition) is 0. The number of ether oxygens (including phenoxy) is 1. The van der Waals surface area contributed by atoms with Gasteiger partial charge in [-0.15, -0.1) is 0 Å². The monoisotopic (exact) mass is 356 g/mol. The summed E-state index contributed by atoms with van der Waals surface area (Å²) >= 11 is 0. The number of carbonyl (C=O) groups is 1. The van der Waals surface area contributed by atoms with Gasteiger partial charge in [-0.05, 0) is 31.9 Å². The molecule has 0 atom stereocenters. The van der Waals surface area contributed by atoms with Crippen LogP contribution in [0.25, 0.3) is 0 Å². The van der Waals surface area contributed by atoms with Crippen molar-refractivity contribution in [2.75, 3.05) is 0 Å². The van der Waals surface area contributed by atoms with Gasteiger partial charge in [0.15, 0.2) is 5.60 Å². The Labute approximate surface area is 161 Å². The van der Waals surface area contributed by atoms with Crippen molar-refractivity contribution < 1.29 is 9.53 Å². The molecular formula is C25H24O2. The molecule has 0 spiro atoms. The van der Waals surface area contributed by atoms with Crippen molar-refractivity contribution in [3.63, 3.8) is 0 Å². The van der Waals surface area contributed by atoms with Crippen LogP contribution < -0.4 is 0 Å². The van der Waals surface area contributed by atoms with Gasteiger partial charge in [0.25, 0.3) is 0 Å². The molecule has 0 saturated heterocycles. The summed E-state index contributed by atoms with van der Waals surface area (Å²) in [5, 5.41) is 0. The van der Waals surface area contributed by atoms with E-state index in [0.29, 0.717) is 5.57 Å². The molecule has 0 saturated carbocycles. The van der Waals surface area contributed by atoms with Crippen LogP contribution >= 0.6 is 0 Å². The SMILES string of the molecule is C=C(C)C(=O)OC(c1ccccc1)(c1ccccc1C)c1ccccc1C. The third kappa shape index (κ3) is 3.43. The Morgan fingerprint density at radius 3 is 1.67 bits per heavy atom. The van der Waals surface area contributed by atoms with E-state index < -0.39 is 11.6 Å². The maximum absolute atomic E-state index is 12.8. The second-order valence-corrected chi connectivity index (χ2v) is 6.85. The van der Waals surface area contributed by atoms with E-state index >= 15 is 0 Å². The summed E-state index contributed by atoms with van der Waals surface area (Å²) in [6.07, 6.45) is 0. The minimum absolute atomic E-state index is 0.373. The summed E-state index contributed by atoms with van der Waals surface area (Å²) in [5.74, 6) is -0.412. The minimum atomic E-state index is -1.05. The number of rotatable bonds is 5. The fraction of sp³-hybridized carbons (Fsp3) is 0.160. The predicted molar refractivity (Wildman–Crippen MR) is 110 cm³/mol. The molecule has 2 heteroatoms. The van der Waals surface area contributed by atoms with Crippen LogP contribution in [0.3, 0.4) is 0 Å². The highest BCUT2D eigenvalue weighted by molar-refractivity contribution is 5.88. The summed E-state index contributed by atoms with van der Waals surface area (Å²) in [5.41, 5.74) is 4.23. The third-order valence-electron chi connectivity index (χ3n) is 4.82. The van der Waals surface area contributed by atoms with Gasteiger partial charge in [-0.2, -0.15) is 0 Å². The molecule has 0 aromatic heterocycles. The summed E-state index contributed by atoms with van der Waals surface area (Å²) in [6, 6.07) is 26.0. The quantitative estimate of drug-likeness (QED) is 0.332. The van der Waals surface area contributed by atoms with E-state index in [0.717, 1.165) is 27.8 Å². The van der Waals surface area contributed by atoms with Crippen LogP contribution in [0.15, 0.2) is 91.0 Å². The number of esters is 1. The molecule has 3 rings (SSSR count). The zero-order valence-electron chi connectivity index (χ0n) is 16.0. The topological polar surface area (TPSA) is 26.3 Å². The molecule has 27 heavy (non-hydrogen) atoms. The van der Waals surface area contributed by atoms with Crippen LogP contribution in [0.4, 0.5) is 0 Å². The van der Waals surface area contributed by atoms with Crippen molar-refractivity contribution in [3.8, 4) is 0 Å². The molecule has 0 bridgehead atoms. The first kappa shape index (κ1) is 18.7. The summed E-state index contributed by atoms with van der Waals surface area (Å²) in [7, 11) is 0.